The summed E-state index contributed by atoms with van der Waals surface area (Å²) in [5.41, 5.74) is 7.43. The molecular formula is C87H99F3N6O12. The fourth-order valence-corrected chi connectivity index (χ4v) is 19.9. The van der Waals surface area contributed by atoms with E-state index in [1.165, 1.54) is 36.4 Å². The number of hydrogen-bond donors (Lipinski definition) is 3. The van der Waals surface area contributed by atoms with Crippen LogP contribution in [0.3, 0.4) is 0 Å². The number of alkyl carbamates (subject to hydrolysis) is 3. The topological polar surface area (TPSA) is 233 Å². The first kappa shape index (κ1) is 76.5. The minimum Gasteiger partial charge on any atom is -0.462 e. The number of carbonyl (C=O) groups is 6. The Labute approximate surface area is 630 Å². The molecule has 0 unspecified atom stereocenters. The highest BCUT2D eigenvalue weighted by Crippen LogP contribution is 2.57. The number of esters is 3. The van der Waals surface area contributed by atoms with E-state index in [4.69, 9.17) is 28.4 Å². The van der Waals surface area contributed by atoms with Gasteiger partial charge in [0.2, 0.25) is 0 Å². The van der Waals surface area contributed by atoms with Crippen LogP contribution >= 0.6 is 0 Å². The minimum absolute atomic E-state index is 0.0679. The maximum absolute atomic E-state index is 13.6. The molecule has 3 aliphatic heterocycles. The second-order valence-corrected chi connectivity index (χ2v) is 30.8. The molecule has 3 amide bonds. The van der Waals surface area contributed by atoms with Crippen molar-refractivity contribution in [1.82, 2.24) is 30.9 Å². The van der Waals surface area contributed by atoms with E-state index in [0.29, 0.717) is 55.3 Å². The van der Waals surface area contributed by atoms with Crippen molar-refractivity contribution >= 4 is 54.4 Å². The predicted octanol–water partition coefficient (Wildman–Crippen LogP) is 16.9. The molecule has 6 aliphatic carbocycles. The third-order valence-corrected chi connectivity index (χ3v) is 24.5. The van der Waals surface area contributed by atoms with Crippen molar-refractivity contribution in [1.29, 1.82) is 0 Å². The Morgan fingerprint density at radius 3 is 0.944 bits per heavy atom. The Morgan fingerprint density at radius 1 is 0.407 bits per heavy atom. The maximum Gasteiger partial charge on any atom is 0.407 e. The zero-order chi connectivity index (χ0) is 75.7. The lowest BCUT2D eigenvalue weighted by molar-refractivity contribution is -0.145. The summed E-state index contributed by atoms with van der Waals surface area (Å²) in [6.07, 6.45) is 27.2. The molecule has 3 aromatic heterocycles. The van der Waals surface area contributed by atoms with E-state index >= 15 is 0 Å². The van der Waals surface area contributed by atoms with Gasteiger partial charge in [0, 0.05) is 71.2 Å². The first-order chi connectivity index (χ1) is 52.3. The molecule has 15 rings (SSSR count). The number of hydrogen-bond acceptors (Lipinski definition) is 15. The van der Waals surface area contributed by atoms with Gasteiger partial charge in [0.15, 0.2) is 0 Å². The number of benzene rings is 3. The van der Waals surface area contributed by atoms with Crippen LogP contribution < -0.4 is 16.0 Å². The number of halogens is 3. The Hall–Kier alpha value is -9.66. The number of cyclic esters (lactones) is 3. The van der Waals surface area contributed by atoms with Gasteiger partial charge in [-0.1, -0.05) is 72.8 Å². The van der Waals surface area contributed by atoms with Crippen LogP contribution in [0.4, 0.5) is 27.6 Å². The van der Waals surface area contributed by atoms with Crippen LogP contribution in [0.15, 0.2) is 146 Å². The molecule has 3 N–H and O–H groups in total. The molecule has 3 saturated heterocycles. The highest BCUT2D eigenvalue weighted by Gasteiger charge is 2.58. The van der Waals surface area contributed by atoms with Gasteiger partial charge in [0.25, 0.3) is 0 Å². The number of nitrogens with zero attached hydrogens (tertiary/aromatic N) is 3. The van der Waals surface area contributed by atoms with Gasteiger partial charge in [0.05, 0.1) is 54.7 Å². The van der Waals surface area contributed by atoms with E-state index in [1.807, 2.05) is 93.6 Å². The third-order valence-electron chi connectivity index (χ3n) is 24.5. The number of carbonyl (C=O) groups excluding carboxylic acids is 6. The van der Waals surface area contributed by atoms with Crippen LogP contribution in [0.1, 0.15) is 136 Å². The molecule has 0 bridgehead atoms. The summed E-state index contributed by atoms with van der Waals surface area (Å²) in [4.78, 5) is 87.7. The summed E-state index contributed by atoms with van der Waals surface area (Å²) in [7, 11) is 0. The fraction of sp³-hybridized carbons (Fsp3) is 0.483. The van der Waals surface area contributed by atoms with Gasteiger partial charge >= 0.3 is 36.2 Å². The van der Waals surface area contributed by atoms with Gasteiger partial charge in [-0.05, 0) is 261 Å². The van der Waals surface area contributed by atoms with E-state index in [0.717, 1.165) is 128 Å². The van der Waals surface area contributed by atoms with Crippen LogP contribution in [0.2, 0.25) is 0 Å². The fourth-order valence-electron chi connectivity index (χ4n) is 19.9. The molecular weight excluding hydrogens is 1380 g/mol. The lowest BCUT2D eigenvalue weighted by Gasteiger charge is -2.47. The Balaban J connectivity index is 0.000000143. The molecule has 6 saturated carbocycles. The van der Waals surface area contributed by atoms with Gasteiger partial charge in [-0.15, -0.1) is 0 Å². The number of pyridine rings is 3. The molecule has 9 aliphatic rings. The van der Waals surface area contributed by atoms with Crippen molar-refractivity contribution in [2.75, 3.05) is 19.8 Å². The summed E-state index contributed by atoms with van der Waals surface area (Å²) in [5, 5.41) is 9.00. The summed E-state index contributed by atoms with van der Waals surface area (Å²) in [6.45, 7) is 12.5. The van der Waals surface area contributed by atoms with E-state index in [2.05, 4.69) is 49.1 Å². The first-order valence-electron chi connectivity index (χ1n) is 38.9. The van der Waals surface area contributed by atoms with Crippen molar-refractivity contribution < 1.29 is 70.4 Å². The largest absolute Gasteiger partial charge is 0.462 e. The molecule has 9 fully saturated rings. The van der Waals surface area contributed by atoms with Crippen LogP contribution in [-0.2, 0) is 42.8 Å². The molecule has 6 aromatic rings. The van der Waals surface area contributed by atoms with Crippen LogP contribution in [0, 0.1) is 106 Å². The molecule has 108 heavy (non-hydrogen) atoms. The average Bonchev–Trinajstić information content (AvgIpc) is 1.54. The zero-order valence-electron chi connectivity index (χ0n) is 62.2. The molecule has 0 radical (unpaired) electrons. The Morgan fingerprint density at radius 2 is 0.694 bits per heavy atom. The number of allylic oxidation sites excluding steroid dienone is 3. The number of fused-ring (bicyclic) bond motifs is 6. The van der Waals surface area contributed by atoms with E-state index in [-0.39, 0.29) is 143 Å². The first-order valence-corrected chi connectivity index (χ1v) is 38.9. The Bertz CT molecular complexity index is 3830. The standard InChI is InChI=1S/3C29H33FN2O4/c3*1-3-35-29(34)32-23-10-11-24-20(14-23)15-26-27(17(2)36-28(26)33)25(24)12-9-22-8-7-19(16-31-22)18-5-4-6-21(30)13-18/h3*4-9,12-13,16-17,20,23-27H,3,10-11,14-15H2,1-2H3,(H,32,34)/b3*12-9+/t17-,20-,23-,24+,25-,26-,27+;17-,20-,23-,24-,25+,26+,27+;17-,20-,23-,24-,25-,26-,27+/m100/s1. The number of rotatable bonds is 15. The molecule has 18 nitrogen and oxygen atoms in total. The van der Waals surface area contributed by atoms with Gasteiger partial charge in [-0.2, -0.15) is 0 Å². The van der Waals surface area contributed by atoms with Crippen molar-refractivity contribution in [2.24, 2.45) is 88.8 Å². The second-order valence-electron chi connectivity index (χ2n) is 30.8. The van der Waals surface area contributed by atoms with Crippen molar-refractivity contribution in [2.45, 2.75) is 155 Å². The number of amides is 3. The smallest absolute Gasteiger partial charge is 0.407 e. The van der Waals surface area contributed by atoms with Gasteiger partial charge in [-0.25, -0.2) is 27.6 Å². The van der Waals surface area contributed by atoms with Gasteiger partial charge in [0.1, 0.15) is 35.8 Å². The monoisotopic (exact) mass is 1480 g/mol. The second kappa shape index (κ2) is 34.7. The van der Waals surface area contributed by atoms with Gasteiger partial charge in [-0.3, -0.25) is 29.3 Å². The lowest BCUT2D eigenvalue weighted by atomic mass is 9.57. The summed E-state index contributed by atoms with van der Waals surface area (Å²) < 4.78 is 73.0. The molecule has 0 spiro atoms. The summed E-state index contributed by atoms with van der Waals surface area (Å²) in [6, 6.07) is 31.3. The number of aromatic nitrogens is 3. The summed E-state index contributed by atoms with van der Waals surface area (Å²) >= 11 is 0. The van der Waals surface area contributed by atoms with E-state index < -0.39 is 0 Å². The quantitative estimate of drug-likeness (QED) is 0.0641. The zero-order valence-corrected chi connectivity index (χ0v) is 62.2. The predicted molar refractivity (Wildman–Crippen MR) is 402 cm³/mol. The molecule has 21 heteroatoms. The van der Waals surface area contributed by atoms with Crippen LogP contribution in [0.5, 0.6) is 0 Å². The normalized spacial score (nSPS) is 31.4. The lowest BCUT2D eigenvalue weighted by Crippen LogP contribution is -2.48. The van der Waals surface area contributed by atoms with Gasteiger partial charge < -0.3 is 44.4 Å². The molecule has 6 heterocycles. The molecule has 570 valence electrons. The van der Waals surface area contributed by atoms with Crippen LogP contribution in [0.25, 0.3) is 51.6 Å². The highest BCUT2D eigenvalue weighted by molar-refractivity contribution is 5.78. The summed E-state index contributed by atoms with van der Waals surface area (Å²) in [5.74, 6) is 1.89. The molecule has 21 atom stereocenters. The maximum atomic E-state index is 13.6. The van der Waals surface area contributed by atoms with Crippen molar-refractivity contribution in [3.63, 3.8) is 0 Å². The number of ether oxygens (including phenoxy) is 6. The van der Waals surface area contributed by atoms with E-state index in [1.54, 1.807) is 57.6 Å². The van der Waals surface area contributed by atoms with Crippen molar-refractivity contribution in [3.8, 4) is 33.4 Å². The average molecular weight is 1480 g/mol. The van der Waals surface area contributed by atoms with Crippen LogP contribution in [-0.4, -0.2) is 107 Å². The SMILES string of the molecule is CCOC(=O)N[C@@H]1CC[C@H]2[C@H](C1)C[C@H]1C(=O)O[C@H](C)[C@H]1[C@@H]2/C=C/c1ccc(-c2cccc(F)c2)cn1.CCOC(=O)N[C@H]1CC[C@H]2[C@@H](C1)C[C@@H]1C(=O)O[C@@H](C)[C@@H]1[C@H]2/C=C/c1ccc(-c2cccc(F)c2)cn1.CCOC(=O)N[C@H]1CC[C@H]2[C@@H](C1)C[C@H]1C(=O)O[C@@H](C)[C@@H]1[C@@H]2/C=C/c1ccc(-c2cccc(F)c2)cn1. The Kier molecular flexibility index (Phi) is 24.6. The number of nitrogens with one attached hydrogen (secondary N) is 3. The minimum atomic E-state index is -0.368. The van der Waals surface area contributed by atoms with E-state index in [9.17, 15) is 41.9 Å². The van der Waals surface area contributed by atoms with Crippen molar-refractivity contribution in [3.05, 3.63) is 181 Å². The molecule has 3 aromatic carbocycles. The third kappa shape index (κ3) is 17.9. The highest BCUT2D eigenvalue weighted by atomic mass is 19.1.